The molecule has 4 rings (SSSR count). The Hall–Kier alpha value is -1.21. The van der Waals surface area contributed by atoms with Gasteiger partial charge in [-0.25, -0.2) is 0 Å². The summed E-state index contributed by atoms with van der Waals surface area (Å²) in [6, 6.07) is 0.433. The molecule has 0 bridgehead atoms. The largest absolute Gasteiger partial charge is 0.347 e. The minimum atomic E-state index is 0.322. The Kier molecular flexibility index (Phi) is 5.19. The third kappa shape index (κ3) is 3.60. The average molecular weight is 378 g/mol. The Morgan fingerprint density at radius 3 is 2.69 bits per heavy atom. The van der Waals surface area contributed by atoms with E-state index in [1.165, 1.54) is 12.8 Å². The van der Waals surface area contributed by atoms with Gasteiger partial charge in [0.05, 0.1) is 0 Å². The first-order valence-electron chi connectivity index (χ1n) is 10.1. The molecule has 0 aromatic carbocycles. The molecule has 7 heteroatoms. The van der Waals surface area contributed by atoms with Gasteiger partial charge in [-0.05, 0) is 51.1 Å². The standard InChI is InChI=1S/C19H31N5OS/c1-3-4-16-20-21-18(26-16)23-11-8-19(9-12-23)7-5-17(25)24(14-19)15-6-10-22(2)13-15/h15H,3-14H2,1-2H3/t15-/m0/s1. The van der Waals surface area contributed by atoms with E-state index < -0.39 is 0 Å². The van der Waals surface area contributed by atoms with Gasteiger partial charge in [-0.2, -0.15) is 0 Å². The lowest BCUT2D eigenvalue weighted by Crippen LogP contribution is -2.55. The van der Waals surface area contributed by atoms with Gasteiger partial charge in [0.2, 0.25) is 11.0 Å². The van der Waals surface area contributed by atoms with E-state index in [9.17, 15) is 4.79 Å². The monoisotopic (exact) mass is 377 g/mol. The number of piperidine rings is 2. The number of hydrogen-bond acceptors (Lipinski definition) is 6. The predicted molar refractivity (Wildman–Crippen MR) is 105 cm³/mol. The number of hydrogen-bond donors (Lipinski definition) is 0. The van der Waals surface area contributed by atoms with Gasteiger partial charge < -0.3 is 14.7 Å². The molecule has 1 aromatic rings. The summed E-state index contributed by atoms with van der Waals surface area (Å²) < 4.78 is 0. The highest BCUT2D eigenvalue weighted by Crippen LogP contribution is 2.42. The fourth-order valence-corrected chi connectivity index (χ4v) is 5.80. The minimum absolute atomic E-state index is 0.322. The highest BCUT2D eigenvalue weighted by molar-refractivity contribution is 7.15. The maximum atomic E-state index is 12.5. The highest BCUT2D eigenvalue weighted by Gasteiger charge is 2.44. The quantitative estimate of drug-likeness (QED) is 0.806. The Balaban J connectivity index is 1.38. The van der Waals surface area contributed by atoms with Crippen molar-refractivity contribution in [1.82, 2.24) is 20.0 Å². The molecule has 0 N–H and O–H groups in total. The van der Waals surface area contributed by atoms with E-state index in [-0.39, 0.29) is 0 Å². The van der Waals surface area contributed by atoms with Gasteiger partial charge in [0.15, 0.2) is 0 Å². The van der Waals surface area contributed by atoms with Gasteiger partial charge in [0.1, 0.15) is 5.01 Å². The molecule has 4 heterocycles. The van der Waals surface area contributed by atoms with Gasteiger partial charge in [0.25, 0.3) is 0 Å². The maximum Gasteiger partial charge on any atom is 0.222 e. The highest BCUT2D eigenvalue weighted by atomic mass is 32.1. The number of aromatic nitrogens is 2. The Labute approximate surface area is 160 Å². The second kappa shape index (κ2) is 7.43. The Bertz CT molecular complexity index is 640. The second-order valence-electron chi connectivity index (χ2n) is 8.44. The number of amides is 1. The summed E-state index contributed by atoms with van der Waals surface area (Å²) in [6.07, 6.45) is 7.43. The van der Waals surface area contributed by atoms with Crippen LogP contribution in [-0.4, -0.2) is 71.7 Å². The number of anilines is 1. The number of aryl methyl sites for hydroxylation is 1. The molecule has 3 aliphatic heterocycles. The fraction of sp³-hybridized carbons (Fsp3) is 0.842. The molecule has 1 aromatic heterocycles. The number of carbonyl (C=O) groups excluding carboxylic acids is 1. The third-order valence-electron chi connectivity index (χ3n) is 6.52. The molecule has 6 nitrogen and oxygen atoms in total. The second-order valence-corrected chi connectivity index (χ2v) is 9.48. The molecule has 1 atom stereocenters. The van der Waals surface area contributed by atoms with E-state index >= 15 is 0 Å². The summed E-state index contributed by atoms with van der Waals surface area (Å²) in [5.41, 5.74) is 0.322. The van der Waals surface area contributed by atoms with E-state index in [0.717, 1.165) is 75.0 Å². The first-order chi connectivity index (χ1) is 12.6. The van der Waals surface area contributed by atoms with Crippen molar-refractivity contribution in [2.75, 3.05) is 44.7 Å². The lowest BCUT2D eigenvalue weighted by atomic mass is 9.72. The van der Waals surface area contributed by atoms with E-state index in [1.54, 1.807) is 11.3 Å². The summed E-state index contributed by atoms with van der Waals surface area (Å²) in [5, 5.41) is 11.0. The molecule has 0 unspecified atom stereocenters. The van der Waals surface area contributed by atoms with E-state index in [2.05, 4.69) is 38.9 Å². The van der Waals surface area contributed by atoms with Crippen molar-refractivity contribution in [3.8, 4) is 0 Å². The number of nitrogens with zero attached hydrogens (tertiary/aromatic N) is 5. The van der Waals surface area contributed by atoms with Crippen LogP contribution in [0, 0.1) is 5.41 Å². The molecular formula is C19H31N5OS. The van der Waals surface area contributed by atoms with E-state index in [0.29, 0.717) is 17.4 Å². The van der Waals surface area contributed by atoms with Crippen molar-refractivity contribution in [2.24, 2.45) is 5.41 Å². The average Bonchev–Trinajstić information content (AvgIpc) is 3.28. The van der Waals surface area contributed by atoms with E-state index in [1.807, 2.05) is 0 Å². The normalized spacial score (nSPS) is 26.8. The van der Waals surface area contributed by atoms with Crippen LogP contribution < -0.4 is 4.90 Å². The van der Waals surface area contributed by atoms with Gasteiger partial charge in [0, 0.05) is 45.1 Å². The van der Waals surface area contributed by atoms with Gasteiger partial charge >= 0.3 is 0 Å². The molecule has 0 aliphatic carbocycles. The van der Waals surface area contributed by atoms with Crippen molar-refractivity contribution in [3.05, 3.63) is 5.01 Å². The van der Waals surface area contributed by atoms with Crippen LogP contribution in [0.2, 0.25) is 0 Å². The fourth-order valence-electron chi connectivity index (χ4n) is 4.81. The van der Waals surface area contributed by atoms with Crippen LogP contribution in [0.15, 0.2) is 0 Å². The first-order valence-corrected chi connectivity index (χ1v) is 11.0. The van der Waals surface area contributed by atoms with Gasteiger partial charge in [-0.15, -0.1) is 10.2 Å². The molecule has 1 spiro atoms. The maximum absolute atomic E-state index is 12.5. The molecule has 3 aliphatic rings. The lowest BCUT2D eigenvalue weighted by Gasteiger charge is -2.48. The Morgan fingerprint density at radius 2 is 2.00 bits per heavy atom. The zero-order valence-corrected chi connectivity index (χ0v) is 16.9. The molecule has 0 saturated carbocycles. The number of rotatable bonds is 4. The molecule has 144 valence electrons. The predicted octanol–water partition coefficient (Wildman–Crippen LogP) is 2.40. The van der Waals surface area contributed by atoms with Crippen LogP contribution in [-0.2, 0) is 11.2 Å². The molecule has 1 amide bonds. The van der Waals surface area contributed by atoms with Crippen molar-refractivity contribution in [2.45, 2.75) is 57.9 Å². The molecule has 3 saturated heterocycles. The number of carbonyl (C=O) groups is 1. The topological polar surface area (TPSA) is 52.6 Å². The summed E-state index contributed by atoms with van der Waals surface area (Å²) in [4.78, 5) is 19.5. The number of likely N-dealkylation sites (N-methyl/N-ethyl adjacent to an activating group) is 1. The van der Waals surface area contributed by atoms with Crippen LogP contribution in [0.1, 0.15) is 50.5 Å². The third-order valence-corrected chi connectivity index (χ3v) is 7.56. The molecular weight excluding hydrogens is 346 g/mol. The van der Waals surface area contributed by atoms with Gasteiger partial charge in [-0.3, -0.25) is 4.79 Å². The van der Waals surface area contributed by atoms with Crippen LogP contribution in [0.4, 0.5) is 5.13 Å². The van der Waals surface area contributed by atoms with Crippen molar-refractivity contribution >= 4 is 22.4 Å². The zero-order chi connectivity index (χ0) is 18.1. The molecule has 0 radical (unpaired) electrons. The minimum Gasteiger partial charge on any atom is -0.347 e. The summed E-state index contributed by atoms with van der Waals surface area (Å²) in [7, 11) is 2.16. The SMILES string of the molecule is CCCc1nnc(N2CCC3(CCC(=O)N([C@H]4CCN(C)C4)C3)CC2)s1. The smallest absolute Gasteiger partial charge is 0.222 e. The summed E-state index contributed by atoms with van der Waals surface area (Å²) in [5.74, 6) is 0.381. The van der Waals surface area contributed by atoms with E-state index in [4.69, 9.17) is 0 Å². The summed E-state index contributed by atoms with van der Waals surface area (Å²) in [6.45, 7) is 7.41. The Morgan fingerprint density at radius 1 is 1.19 bits per heavy atom. The zero-order valence-electron chi connectivity index (χ0n) is 16.1. The first kappa shape index (κ1) is 18.2. The van der Waals surface area contributed by atoms with Crippen LogP contribution in [0.5, 0.6) is 0 Å². The van der Waals surface area contributed by atoms with Crippen molar-refractivity contribution < 1.29 is 4.79 Å². The van der Waals surface area contributed by atoms with Crippen LogP contribution in [0.3, 0.4) is 0 Å². The molecule has 3 fully saturated rings. The summed E-state index contributed by atoms with van der Waals surface area (Å²) >= 11 is 1.75. The lowest BCUT2D eigenvalue weighted by molar-refractivity contribution is -0.141. The number of likely N-dealkylation sites (tertiary alicyclic amines) is 2. The van der Waals surface area contributed by atoms with Crippen LogP contribution in [0.25, 0.3) is 0 Å². The van der Waals surface area contributed by atoms with Crippen LogP contribution >= 0.6 is 11.3 Å². The molecule has 26 heavy (non-hydrogen) atoms. The van der Waals surface area contributed by atoms with Crippen molar-refractivity contribution in [3.63, 3.8) is 0 Å². The van der Waals surface area contributed by atoms with Gasteiger partial charge in [-0.1, -0.05) is 18.3 Å². The van der Waals surface area contributed by atoms with Crippen molar-refractivity contribution in [1.29, 1.82) is 0 Å².